The smallest absolute Gasteiger partial charge is 0.120 e. The van der Waals surface area contributed by atoms with Crippen LogP contribution in [-0.2, 0) is 11.8 Å². The van der Waals surface area contributed by atoms with Gasteiger partial charge in [0, 0.05) is 62.7 Å². The van der Waals surface area contributed by atoms with Crippen molar-refractivity contribution in [1.29, 1.82) is 0 Å². The summed E-state index contributed by atoms with van der Waals surface area (Å²) in [4.78, 5) is 26.1. The number of imidazole rings is 1. The number of carbonyl (C=O) groups excluding carboxylic acids is 1. The average Bonchev–Trinajstić information content (AvgIpc) is 3.35. The van der Waals surface area contributed by atoms with Crippen LogP contribution in [0.1, 0.15) is 86.3 Å². The molecule has 3 aromatic rings. The molecule has 7 nitrogen and oxygen atoms in total. The maximum absolute atomic E-state index is 11.6. The highest BCUT2D eigenvalue weighted by Crippen LogP contribution is 2.44. The Morgan fingerprint density at radius 2 is 1.91 bits per heavy atom. The van der Waals surface area contributed by atoms with Gasteiger partial charge >= 0.3 is 0 Å². The van der Waals surface area contributed by atoms with Gasteiger partial charge < -0.3 is 19.6 Å². The third kappa shape index (κ3) is 6.43. The lowest BCUT2D eigenvalue weighted by atomic mass is 9.84. The Morgan fingerprint density at radius 3 is 2.57 bits per heavy atom. The quantitative estimate of drug-likeness (QED) is 0.250. The molecule has 44 heavy (non-hydrogen) atoms. The molecule has 2 atom stereocenters. The summed E-state index contributed by atoms with van der Waals surface area (Å²) < 4.78 is 2.06. The maximum atomic E-state index is 11.6. The van der Waals surface area contributed by atoms with E-state index >= 15 is 0 Å². The summed E-state index contributed by atoms with van der Waals surface area (Å²) in [5.41, 5.74) is 9.62. The van der Waals surface area contributed by atoms with Gasteiger partial charge in [-0.2, -0.15) is 0 Å². The molecule has 1 unspecified atom stereocenters. The number of fused-ring (bicyclic) bond motifs is 2. The first-order valence-corrected chi connectivity index (χ1v) is 15.8. The van der Waals surface area contributed by atoms with Crippen LogP contribution >= 0.6 is 0 Å². The Hall–Kier alpha value is -3.97. The van der Waals surface area contributed by atoms with Gasteiger partial charge in [0.05, 0.1) is 36.0 Å². The van der Waals surface area contributed by atoms with E-state index in [0.29, 0.717) is 12.3 Å². The number of nitrogens with zero attached hydrogens (tertiary/aromatic N) is 5. The van der Waals surface area contributed by atoms with Crippen LogP contribution in [0, 0.1) is 18.3 Å². The number of pyridine rings is 1. The molecule has 1 saturated heterocycles. The van der Waals surface area contributed by atoms with Crippen LogP contribution in [0.5, 0.6) is 0 Å². The molecule has 0 saturated carbocycles. The molecule has 0 bridgehead atoms. The molecule has 0 radical (unpaired) electrons. The van der Waals surface area contributed by atoms with Crippen LogP contribution in [0.3, 0.4) is 0 Å². The van der Waals surface area contributed by atoms with Crippen LogP contribution in [0.4, 0.5) is 0 Å². The predicted octanol–water partition coefficient (Wildman–Crippen LogP) is 6.70. The van der Waals surface area contributed by atoms with E-state index < -0.39 is 5.41 Å². The Bertz CT molecular complexity index is 1560. The number of aldehydes is 1. The number of aromatic nitrogens is 3. The molecule has 0 spiro atoms. The molecule has 1 N–H and O–H groups in total. The van der Waals surface area contributed by atoms with Crippen molar-refractivity contribution >= 4 is 17.9 Å². The van der Waals surface area contributed by atoms with Crippen LogP contribution in [0.15, 0.2) is 73.6 Å². The number of rotatable bonds is 11. The fourth-order valence-electron chi connectivity index (χ4n) is 6.49. The third-order valence-electron chi connectivity index (χ3n) is 9.22. The zero-order chi connectivity index (χ0) is 31.6. The Kier molecular flexibility index (Phi) is 9.26. The first-order valence-electron chi connectivity index (χ1n) is 15.8. The number of piperazine rings is 1. The first kappa shape index (κ1) is 31.5. The summed E-state index contributed by atoms with van der Waals surface area (Å²) in [5, 5.41) is 3.77. The van der Waals surface area contributed by atoms with Crippen molar-refractivity contribution in [3.05, 3.63) is 107 Å². The van der Waals surface area contributed by atoms with Crippen LogP contribution in [0.25, 0.3) is 11.6 Å². The van der Waals surface area contributed by atoms with Crippen LogP contribution < -0.4 is 5.32 Å². The van der Waals surface area contributed by atoms with E-state index in [9.17, 15) is 4.79 Å². The number of allylic oxidation sites excluding steroid dienone is 2. The van der Waals surface area contributed by atoms with Crippen molar-refractivity contribution in [2.45, 2.75) is 59.5 Å². The largest absolute Gasteiger partial charge is 0.376 e. The summed E-state index contributed by atoms with van der Waals surface area (Å²) in [6.07, 6.45) is 10.4. The van der Waals surface area contributed by atoms with Gasteiger partial charge in [-0.1, -0.05) is 70.7 Å². The number of nitrogens with one attached hydrogen (secondary N) is 1. The van der Waals surface area contributed by atoms with Crippen molar-refractivity contribution in [2.24, 2.45) is 18.4 Å². The monoisotopic (exact) mass is 592 g/mol. The van der Waals surface area contributed by atoms with Gasteiger partial charge in [-0.3, -0.25) is 9.88 Å². The minimum absolute atomic E-state index is 0.0120. The number of carbonyl (C=O) groups is 1. The SMILES string of the molecule is C=C(CC(C)C)N1CCN([C@H]2c3ccc(C)cc3C(C(NC(=C)C(C)(C)CC=O)c3cncn3C)=Cc3cccnc32)CC1. The molecule has 2 aromatic heterocycles. The molecule has 1 aromatic carbocycles. The minimum atomic E-state index is -0.416. The topological polar surface area (TPSA) is 66.3 Å². The summed E-state index contributed by atoms with van der Waals surface area (Å²) in [5.74, 6) is 0.596. The number of hydrogen-bond acceptors (Lipinski definition) is 6. The fraction of sp³-hybridized carbons (Fsp3) is 0.432. The van der Waals surface area contributed by atoms with E-state index in [4.69, 9.17) is 4.98 Å². The van der Waals surface area contributed by atoms with E-state index in [1.54, 1.807) is 0 Å². The van der Waals surface area contributed by atoms with Gasteiger partial charge in [0.25, 0.3) is 0 Å². The van der Waals surface area contributed by atoms with Crippen LogP contribution in [0.2, 0.25) is 0 Å². The van der Waals surface area contributed by atoms with Crippen molar-refractivity contribution in [3.8, 4) is 0 Å². The maximum Gasteiger partial charge on any atom is 0.120 e. The summed E-state index contributed by atoms with van der Waals surface area (Å²) in [6, 6.07) is 10.8. The average molecular weight is 593 g/mol. The van der Waals surface area contributed by atoms with E-state index in [1.807, 2.05) is 31.8 Å². The van der Waals surface area contributed by atoms with Gasteiger partial charge in [0.2, 0.25) is 0 Å². The minimum Gasteiger partial charge on any atom is -0.376 e. The molecule has 5 rings (SSSR count). The third-order valence-corrected chi connectivity index (χ3v) is 9.22. The lowest BCUT2D eigenvalue weighted by Gasteiger charge is -2.41. The number of aryl methyl sites for hydroxylation is 2. The van der Waals surface area contributed by atoms with Crippen molar-refractivity contribution < 1.29 is 4.79 Å². The lowest BCUT2D eigenvalue weighted by Crippen LogP contribution is -2.47. The normalized spacial score (nSPS) is 17.8. The highest BCUT2D eigenvalue weighted by molar-refractivity contribution is 5.89. The Morgan fingerprint density at radius 1 is 1.16 bits per heavy atom. The second-order valence-electron chi connectivity index (χ2n) is 13.5. The van der Waals surface area contributed by atoms with E-state index in [0.717, 1.165) is 67.1 Å². The van der Waals surface area contributed by atoms with Crippen LogP contribution in [-0.4, -0.2) is 56.8 Å². The van der Waals surface area contributed by atoms with E-state index in [1.165, 1.54) is 22.4 Å². The predicted molar refractivity (Wildman–Crippen MR) is 180 cm³/mol. The van der Waals surface area contributed by atoms with Crippen molar-refractivity contribution in [2.75, 3.05) is 26.2 Å². The molecule has 1 fully saturated rings. The standard InChI is InChI=1S/C37H48N6O/c1-25(2)20-27(4)42-15-17-43(18-16-42)36-30-12-11-26(3)21-31(30)32(22-29-10-9-14-39-34(29)36)35(33-23-38-24-41(33)8)40-28(5)37(6,7)13-19-44/h9-12,14,19,21-25,35-36,40H,4-5,13,15-18,20H2,1-3,6-8H3/t35?,36-/m0/s1. The molecule has 7 heteroatoms. The zero-order valence-electron chi connectivity index (χ0n) is 27.3. The number of hydrogen-bond donors (Lipinski definition) is 1. The van der Waals surface area contributed by atoms with Gasteiger partial charge in [0.1, 0.15) is 6.29 Å². The Labute approximate surface area is 263 Å². The molecule has 2 aliphatic rings. The van der Waals surface area contributed by atoms with Crippen molar-refractivity contribution in [1.82, 2.24) is 29.7 Å². The molecule has 232 valence electrons. The molecule has 3 heterocycles. The van der Waals surface area contributed by atoms with Gasteiger partial charge in [-0.25, -0.2) is 4.98 Å². The molecule has 1 aliphatic carbocycles. The molecule has 0 amide bonds. The summed E-state index contributed by atoms with van der Waals surface area (Å²) >= 11 is 0. The second kappa shape index (κ2) is 12.9. The molecular weight excluding hydrogens is 544 g/mol. The summed E-state index contributed by atoms with van der Waals surface area (Å²) in [7, 11) is 2.02. The van der Waals surface area contributed by atoms with E-state index in [2.05, 4.69) is 103 Å². The van der Waals surface area contributed by atoms with Gasteiger partial charge in [-0.05, 0) is 53.7 Å². The van der Waals surface area contributed by atoms with Gasteiger partial charge in [-0.15, -0.1) is 0 Å². The molecular formula is C37H48N6O. The Balaban J connectivity index is 1.61. The lowest BCUT2D eigenvalue weighted by molar-refractivity contribution is -0.109. The second-order valence-corrected chi connectivity index (χ2v) is 13.5. The highest BCUT2D eigenvalue weighted by atomic mass is 16.1. The fourth-order valence-corrected chi connectivity index (χ4v) is 6.49. The zero-order valence-corrected chi connectivity index (χ0v) is 27.3. The van der Waals surface area contributed by atoms with E-state index in [-0.39, 0.29) is 12.1 Å². The number of benzene rings is 1. The highest BCUT2D eigenvalue weighted by Gasteiger charge is 2.36. The first-order chi connectivity index (χ1) is 21.0. The van der Waals surface area contributed by atoms with Gasteiger partial charge in [0.15, 0.2) is 0 Å². The molecule has 1 aliphatic heterocycles. The summed E-state index contributed by atoms with van der Waals surface area (Å²) in [6.45, 7) is 23.4. The van der Waals surface area contributed by atoms with Crippen molar-refractivity contribution in [3.63, 3.8) is 0 Å².